The predicted octanol–water partition coefficient (Wildman–Crippen LogP) is 2.51. The molecule has 0 amide bonds. The number of hydrogen-bond donors (Lipinski definition) is 1. The summed E-state index contributed by atoms with van der Waals surface area (Å²) in [5.41, 5.74) is 7.81. The van der Waals surface area contributed by atoms with Crippen LogP contribution in [0.25, 0.3) is 0 Å². The van der Waals surface area contributed by atoms with E-state index in [-0.39, 0.29) is 24.2 Å². The average molecular weight is 357 g/mol. The summed E-state index contributed by atoms with van der Waals surface area (Å²) in [6.45, 7) is 3.18. The van der Waals surface area contributed by atoms with Gasteiger partial charge < -0.3 is 15.4 Å². The maximum absolute atomic E-state index is 13.0. The van der Waals surface area contributed by atoms with Gasteiger partial charge in [-0.2, -0.15) is 0 Å². The van der Waals surface area contributed by atoms with Crippen LogP contribution in [0.1, 0.15) is 16.8 Å². The van der Waals surface area contributed by atoms with Gasteiger partial charge in [-0.1, -0.05) is 12.1 Å². The lowest BCUT2D eigenvalue weighted by molar-refractivity contribution is 0.0915. The quantitative estimate of drug-likeness (QED) is 0.805. The maximum atomic E-state index is 13.0. The first-order valence-electron chi connectivity index (χ1n) is 8.75. The second kappa shape index (κ2) is 8.29. The van der Waals surface area contributed by atoms with Crippen molar-refractivity contribution < 1.29 is 13.9 Å². The standard InChI is InChI=1S/C20H24FN3O2/c1-26-19-5-3-2-4-17(19)23-10-12-24(13-11-23)20(22)14-18(25)15-6-8-16(21)9-7-15/h2-9,20H,10-14,22H2,1H3. The van der Waals surface area contributed by atoms with Crippen LogP contribution in [0.15, 0.2) is 48.5 Å². The number of ether oxygens (including phenoxy) is 1. The fraction of sp³-hybridized carbons (Fsp3) is 0.350. The lowest BCUT2D eigenvalue weighted by atomic mass is 10.1. The molecular weight excluding hydrogens is 333 g/mol. The first-order chi connectivity index (χ1) is 12.6. The van der Waals surface area contributed by atoms with Gasteiger partial charge in [-0.3, -0.25) is 9.69 Å². The third kappa shape index (κ3) is 4.20. The number of methoxy groups -OCH3 is 1. The van der Waals surface area contributed by atoms with Crippen molar-refractivity contribution in [1.82, 2.24) is 4.90 Å². The van der Waals surface area contributed by atoms with E-state index < -0.39 is 0 Å². The van der Waals surface area contributed by atoms with Crippen molar-refractivity contribution in [2.45, 2.75) is 12.6 Å². The highest BCUT2D eigenvalue weighted by Crippen LogP contribution is 2.28. The number of carbonyl (C=O) groups excluding carboxylic acids is 1. The number of anilines is 1. The number of nitrogens with two attached hydrogens (primary N) is 1. The largest absolute Gasteiger partial charge is 0.495 e. The van der Waals surface area contributed by atoms with Gasteiger partial charge >= 0.3 is 0 Å². The number of carbonyl (C=O) groups is 1. The van der Waals surface area contributed by atoms with Crippen LogP contribution in [0.2, 0.25) is 0 Å². The van der Waals surface area contributed by atoms with Crippen molar-refractivity contribution in [3.8, 4) is 5.75 Å². The number of ketones is 1. The van der Waals surface area contributed by atoms with Gasteiger partial charge in [0.15, 0.2) is 5.78 Å². The number of Topliss-reactive ketones (excluding diaryl/α,β-unsaturated/α-hetero) is 1. The lowest BCUT2D eigenvalue weighted by Crippen LogP contribution is -2.54. The fourth-order valence-corrected chi connectivity index (χ4v) is 3.26. The molecule has 1 atom stereocenters. The topological polar surface area (TPSA) is 58.8 Å². The molecule has 0 aliphatic carbocycles. The minimum absolute atomic E-state index is 0.0651. The monoisotopic (exact) mass is 357 g/mol. The molecule has 6 heteroatoms. The van der Waals surface area contributed by atoms with Crippen LogP contribution >= 0.6 is 0 Å². The first kappa shape index (κ1) is 18.4. The summed E-state index contributed by atoms with van der Waals surface area (Å²) in [6.07, 6.45) is -0.118. The van der Waals surface area contributed by atoms with Crippen LogP contribution in [0.3, 0.4) is 0 Å². The molecule has 3 rings (SSSR count). The van der Waals surface area contributed by atoms with Crippen LogP contribution in [0.4, 0.5) is 10.1 Å². The number of piperazine rings is 1. The van der Waals surface area contributed by atoms with Crippen LogP contribution in [0, 0.1) is 5.82 Å². The molecule has 1 unspecified atom stereocenters. The van der Waals surface area contributed by atoms with Crippen molar-refractivity contribution in [2.24, 2.45) is 5.73 Å². The number of benzene rings is 2. The first-order valence-corrected chi connectivity index (χ1v) is 8.75. The van der Waals surface area contributed by atoms with Gasteiger partial charge in [0.2, 0.25) is 0 Å². The minimum atomic E-state index is -0.349. The van der Waals surface area contributed by atoms with Crippen LogP contribution in [-0.2, 0) is 0 Å². The molecule has 0 bridgehead atoms. The van der Waals surface area contributed by atoms with Crippen molar-refractivity contribution in [1.29, 1.82) is 0 Å². The summed E-state index contributed by atoms with van der Waals surface area (Å²) in [6, 6.07) is 13.6. The number of hydrogen-bond acceptors (Lipinski definition) is 5. The molecule has 5 nitrogen and oxygen atoms in total. The van der Waals surface area contributed by atoms with E-state index in [9.17, 15) is 9.18 Å². The van der Waals surface area contributed by atoms with Gasteiger partial charge in [0.25, 0.3) is 0 Å². The molecule has 2 aromatic rings. The van der Waals surface area contributed by atoms with Crippen LogP contribution < -0.4 is 15.4 Å². The molecule has 0 aromatic heterocycles. The Kier molecular flexibility index (Phi) is 5.85. The fourth-order valence-electron chi connectivity index (χ4n) is 3.26. The Morgan fingerprint density at radius 3 is 2.42 bits per heavy atom. The SMILES string of the molecule is COc1ccccc1N1CCN(C(N)CC(=O)c2ccc(F)cc2)CC1. The van der Waals surface area contributed by atoms with E-state index in [1.807, 2.05) is 24.3 Å². The molecule has 1 saturated heterocycles. The highest BCUT2D eigenvalue weighted by Gasteiger charge is 2.24. The van der Waals surface area contributed by atoms with Gasteiger partial charge in [-0.05, 0) is 36.4 Å². The zero-order chi connectivity index (χ0) is 18.5. The number of rotatable bonds is 6. The maximum Gasteiger partial charge on any atom is 0.165 e. The third-order valence-corrected chi connectivity index (χ3v) is 4.77. The van der Waals surface area contributed by atoms with E-state index in [0.29, 0.717) is 5.56 Å². The van der Waals surface area contributed by atoms with E-state index in [1.165, 1.54) is 24.3 Å². The summed E-state index contributed by atoms with van der Waals surface area (Å²) in [5, 5.41) is 0. The van der Waals surface area contributed by atoms with Crippen molar-refractivity contribution >= 4 is 11.5 Å². The highest BCUT2D eigenvalue weighted by atomic mass is 19.1. The van der Waals surface area contributed by atoms with E-state index in [4.69, 9.17) is 10.5 Å². The Morgan fingerprint density at radius 2 is 1.77 bits per heavy atom. The third-order valence-electron chi connectivity index (χ3n) is 4.77. The smallest absolute Gasteiger partial charge is 0.165 e. The highest BCUT2D eigenvalue weighted by molar-refractivity contribution is 5.96. The van der Waals surface area contributed by atoms with Crippen LogP contribution in [-0.4, -0.2) is 50.1 Å². The van der Waals surface area contributed by atoms with E-state index >= 15 is 0 Å². The molecule has 1 fully saturated rings. The molecule has 26 heavy (non-hydrogen) atoms. The number of para-hydroxylation sites is 2. The van der Waals surface area contributed by atoms with E-state index in [1.54, 1.807) is 7.11 Å². The minimum Gasteiger partial charge on any atom is -0.495 e. The van der Waals surface area contributed by atoms with Gasteiger partial charge in [0, 0.05) is 38.2 Å². The number of halogens is 1. The van der Waals surface area contributed by atoms with Crippen LogP contribution in [0.5, 0.6) is 5.75 Å². The molecule has 0 spiro atoms. The van der Waals surface area contributed by atoms with Gasteiger partial charge in [-0.15, -0.1) is 0 Å². The zero-order valence-electron chi connectivity index (χ0n) is 14.9. The summed E-state index contributed by atoms with van der Waals surface area (Å²) in [5.74, 6) is 0.444. The Morgan fingerprint density at radius 1 is 1.12 bits per heavy atom. The van der Waals surface area contributed by atoms with E-state index in [0.717, 1.165) is 37.6 Å². The summed E-state index contributed by atoms with van der Waals surface area (Å²) in [4.78, 5) is 16.7. The number of nitrogens with zero attached hydrogens (tertiary/aromatic N) is 2. The molecule has 2 N–H and O–H groups in total. The average Bonchev–Trinajstić information content (AvgIpc) is 2.68. The van der Waals surface area contributed by atoms with Gasteiger partial charge in [0.1, 0.15) is 11.6 Å². The van der Waals surface area contributed by atoms with Crippen molar-refractivity contribution in [3.63, 3.8) is 0 Å². The molecule has 1 heterocycles. The van der Waals surface area contributed by atoms with Gasteiger partial charge in [-0.25, -0.2) is 4.39 Å². The van der Waals surface area contributed by atoms with Crippen molar-refractivity contribution in [3.05, 3.63) is 59.9 Å². The molecule has 2 aromatic carbocycles. The molecule has 138 valence electrons. The molecule has 0 radical (unpaired) electrons. The summed E-state index contributed by atoms with van der Waals surface area (Å²) >= 11 is 0. The molecule has 1 aliphatic rings. The second-order valence-corrected chi connectivity index (χ2v) is 6.40. The predicted molar refractivity (Wildman–Crippen MR) is 100 cm³/mol. The molecular formula is C20H24FN3O2. The van der Waals surface area contributed by atoms with Gasteiger partial charge in [0.05, 0.1) is 19.0 Å². The second-order valence-electron chi connectivity index (χ2n) is 6.40. The Bertz CT molecular complexity index is 743. The lowest BCUT2D eigenvalue weighted by Gasteiger charge is -2.39. The molecule has 0 saturated carbocycles. The Hall–Kier alpha value is -2.44. The van der Waals surface area contributed by atoms with E-state index in [2.05, 4.69) is 9.80 Å². The normalized spacial score (nSPS) is 16.3. The molecule has 1 aliphatic heterocycles. The Balaban J connectivity index is 1.55. The van der Waals surface area contributed by atoms with Crippen molar-refractivity contribution in [2.75, 3.05) is 38.2 Å². The Labute approximate surface area is 153 Å². The zero-order valence-corrected chi connectivity index (χ0v) is 14.9. The summed E-state index contributed by atoms with van der Waals surface area (Å²) < 4.78 is 18.4. The summed E-state index contributed by atoms with van der Waals surface area (Å²) in [7, 11) is 1.67.